The molecule has 0 bridgehead atoms. The summed E-state index contributed by atoms with van der Waals surface area (Å²) in [7, 11) is 0. The van der Waals surface area contributed by atoms with Gasteiger partial charge in [0.25, 0.3) is 0 Å². The van der Waals surface area contributed by atoms with E-state index in [4.69, 9.17) is 10.5 Å². The lowest BCUT2D eigenvalue weighted by atomic mass is 9.88. The van der Waals surface area contributed by atoms with Gasteiger partial charge in [-0.3, -0.25) is 0 Å². The first kappa shape index (κ1) is 9.47. The van der Waals surface area contributed by atoms with Gasteiger partial charge in [-0.1, -0.05) is 19.3 Å². The van der Waals surface area contributed by atoms with Crippen LogP contribution in [0, 0.1) is 5.92 Å². The second kappa shape index (κ2) is 4.43. The molecular formula is C11H21NO. The number of hydrogen-bond acceptors (Lipinski definition) is 2. The number of hydrogen-bond donors (Lipinski definition) is 1. The van der Waals surface area contributed by atoms with Gasteiger partial charge in [-0.05, 0) is 31.6 Å². The van der Waals surface area contributed by atoms with Gasteiger partial charge in [0.2, 0.25) is 0 Å². The van der Waals surface area contributed by atoms with Gasteiger partial charge in [-0.25, -0.2) is 0 Å². The van der Waals surface area contributed by atoms with Crippen LogP contribution in [0.5, 0.6) is 0 Å². The maximum atomic E-state index is 5.81. The van der Waals surface area contributed by atoms with E-state index in [1.165, 1.54) is 32.1 Å². The molecular weight excluding hydrogens is 162 g/mol. The molecule has 2 rings (SSSR count). The highest BCUT2D eigenvalue weighted by Gasteiger charge is 2.27. The summed E-state index contributed by atoms with van der Waals surface area (Å²) in [5, 5.41) is 0. The van der Waals surface area contributed by atoms with Crippen LogP contribution in [0.3, 0.4) is 0 Å². The minimum absolute atomic E-state index is 0.427. The Labute approximate surface area is 80.8 Å². The van der Waals surface area contributed by atoms with Gasteiger partial charge in [0.15, 0.2) is 0 Å². The van der Waals surface area contributed by atoms with Crippen molar-refractivity contribution in [1.82, 2.24) is 0 Å². The molecule has 13 heavy (non-hydrogen) atoms. The predicted octanol–water partition coefficient (Wildman–Crippen LogP) is 2.07. The third kappa shape index (κ3) is 2.68. The van der Waals surface area contributed by atoms with Crippen LogP contribution in [-0.2, 0) is 4.74 Å². The lowest BCUT2D eigenvalue weighted by Crippen LogP contribution is -2.42. The van der Waals surface area contributed by atoms with Crippen LogP contribution < -0.4 is 5.73 Å². The van der Waals surface area contributed by atoms with E-state index in [0.717, 1.165) is 25.4 Å². The molecule has 0 aromatic rings. The van der Waals surface area contributed by atoms with Crippen molar-refractivity contribution in [3.8, 4) is 0 Å². The summed E-state index contributed by atoms with van der Waals surface area (Å²) in [4.78, 5) is 0. The molecule has 2 aliphatic carbocycles. The minimum atomic E-state index is 0.427. The molecule has 0 saturated heterocycles. The SMILES string of the molecule is NC1CC(OCC2CCCCC2)C1. The Morgan fingerprint density at radius 1 is 1.08 bits per heavy atom. The fourth-order valence-electron chi connectivity index (χ4n) is 2.37. The molecule has 0 heterocycles. The molecule has 0 atom stereocenters. The van der Waals surface area contributed by atoms with Gasteiger partial charge in [0.1, 0.15) is 0 Å². The summed E-state index contributed by atoms with van der Waals surface area (Å²) in [5.74, 6) is 0.852. The Bertz CT molecular complexity index is 148. The standard InChI is InChI=1S/C11H21NO/c12-10-6-11(7-10)13-8-9-4-2-1-3-5-9/h9-11H,1-8,12H2. The fourth-order valence-corrected chi connectivity index (χ4v) is 2.37. The molecule has 2 saturated carbocycles. The first-order valence-corrected chi connectivity index (χ1v) is 5.72. The number of ether oxygens (including phenoxy) is 1. The van der Waals surface area contributed by atoms with Gasteiger partial charge in [-0.2, -0.15) is 0 Å². The first-order valence-electron chi connectivity index (χ1n) is 5.72. The first-order chi connectivity index (χ1) is 6.34. The van der Waals surface area contributed by atoms with E-state index in [0.29, 0.717) is 12.1 Å². The second-order valence-corrected chi connectivity index (χ2v) is 4.69. The average molecular weight is 183 g/mol. The predicted molar refractivity (Wildman–Crippen MR) is 53.5 cm³/mol. The second-order valence-electron chi connectivity index (χ2n) is 4.69. The summed E-state index contributed by atoms with van der Waals surface area (Å²) in [6.07, 6.45) is 9.72. The van der Waals surface area contributed by atoms with Gasteiger partial charge >= 0.3 is 0 Å². The summed E-state index contributed by atoms with van der Waals surface area (Å²) >= 11 is 0. The van der Waals surface area contributed by atoms with Gasteiger partial charge in [0, 0.05) is 12.6 Å². The smallest absolute Gasteiger partial charge is 0.0604 e. The van der Waals surface area contributed by atoms with Gasteiger partial charge < -0.3 is 10.5 Å². The minimum Gasteiger partial charge on any atom is -0.378 e. The molecule has 0 aliphatic heterocycles. The molecule has 2 fully saturated rings. The Kier molecular flexibility index (Phi) is 3.23. The van der Waals surface area contributed by atoms with Crippen molar-refractivity contribution in [2.75, 3.05) is 6.61 Å². The Hall–Kier alpha value is -0.0800. The molecule has 2 nitrogen and oxygen atoms in total. The molecule has 2 heteroatoms. The molecule has 76 valence electrons. The Balaban J connectivity index is 1.56. The molecule has 0 aromatic carbocycles. The summed E-state index contributed by atoms with van der Waals surface area (Å²) in [6, 6.07) is 0.427. The van der Waals surface area contributed by atoms with E-state index < -0.39 is 0 Å². The van der Waals surface area contributed by atoms with Crippen molar-refractivity contribution in [1.29, 1.82) is 0 Å². The number of nitrogens with two attached hydrogens (primary N) is 1. The summed E-state index contributed by atoms with van der Waals surface area (Å²) in [5.41, 5.74) is 5.70. The highest BCUT2D eigenvalue weighted by molar-refractivity contribution is 4.83. The van der Waals surface area contributed by atoms with E-state index in [1.54, 1.807) is 0 Å². The van der Waals surface area contributed by atoms with E-state index in [9.17, 15) is 0 Å². The van der Waals surface area contributed by atoms with E-state index in [1.807, 2.05) is 0 Å². The summed E-state index contributed by atoms with van der Waals surface area (Å²) < 4.78 is 5.81. The van der Waals surface area contributed by atoms with Crippen molar-refractivity contribution in [2.24, 2.45) is 11.7 Å². The molecule has 0 amide bonds. The van der Waals surface area contributed by atoms with E-state index in [2.05, 4.69) is 0 Å². The summed E-state index contributed by atoms with van der Waals surface area (Å²) in [6.45, 7) is 0.997. The Morgan fingerprint density at radius 3 is 2.38 bits per heavy atom. The highest BCUT2D eigenvalue weighted by Crippen LogP contribution is 2.27. The zero-order valence-electron chi connectivity index (χ0n) is 8.37. The van der Waals surface area contributed by atoms with Crippen molar-refractivity contribution in [2.45, 2.75) is 57.1 Å². The van der Waals surface area contributed by atoms with Crippen molar-refractivity contribution < 1.29 is 4.74 Å². The largest absolute Gasteiger partial charge is 0.378 e. The maximum absolute atomic E-state index is 5.81. The molecule has 0 radical (unpaired) electrons. The van der Waals surface area contributed by atoms with Gasteiger partial charge in [0.05, 0.1) is 6.10 Å². The lowest BCUT2D eigenvalue weighted by Gasteiger charge is -2.34. The van der Waals surface area contributed by atoms with Crippen LogP contribution in [0.4, 0.5) is 0 Å². The zero-order valence-corrected chi connectivity index (χ0v) is 8.37. The molecule has 2 N–H and O–H groups in total. The van der Waals surface area contributed by atoms with Gasteiger partial charge in [-0.15, -0.1) is 0 Å². The van der Waals surface area contributed by atoms with Crippen LogP contribution in [0.1, 0.15) is 44.9 Å². The quantitative estimate of drug-likeness (QED) is 0.727. The van der Waals surface area contributed by atoms with Crippen molar-refractivity contribution in [3.63, 3.8) is 0 Å². The maximum Gasteiger partial charge on any atom is 0.0604 e. The van der Waals surface area contributed by atoms with Crippen molar-refractivity contribution in [3.05, 3.63) is 0 Å². The van der Waals surface area contributed by atoms with Crippen LogP contribution in [0.2, 0.25) is 0 Å². The molecule has 0 spiro atoms. The monoisotopic (exact) mass is 183 g/mol. The zero-order chi connectivity index (χ0) is 9.10. The van der Waals surface area contributed by atoms with Crippen LogP contribution in [0.25, 0.3) is 0 Å². The fraction of sp³-hybridized carbons (Fsp3) is 1.00. The van der Waals surface area contributed by atoms with E-state index >= 15 is 0 Å². The Morgan fingerprint density at radius 2 is 1.77 bits per heavy atom. The average Bonchev–Trinajstić information content (AvgIpc) is 2.12. The molecule has 0 aromatic heterocycles. The molecule has 0 unspecified atom stereocenters. The molecule has 2 aliphatic rings. The normalized spacial score (nSPS) is 35.8. The number of rotatable bonds is 3. The van der Waals surface area contributed by atoms with Crippen LogP contribution in [0.15, 0.2) is 0 Å². The van der Waals surface area contributed by atoms with Crippen molar-refractivity contribution >= 4 is 0 Å². The van der Waals surface area contributed by atoms with Crippen LogP contribution >= 0.6 is 0 Å². The lowest BCUT2D eigenvalue weighted by molar-refractivity contribution is -0.0299. The topological polar surface area (TPSA) is 35.2 Å². The third-order valence-corrected chi connectivity index (χ3v) is 3.42. The van der Waals surface area contributed by atoms with E-state index in [-0.39, 0.29) is 0 Å². The highest BCUT2D eigenvalue weighted by atomic mass is 16.5. The van der Waals surface area contributed by atoms with Crippen LogP contribution in [-0.4, -0.2) is 18.8 Å². The third-order valence-electron chi connectivity index (χ3n) is 3.42.